The van der Waals surface area contributed by atoms with Crippen molar-refractivity contribution in [1.82, 2.24) is 15.4 Å². The van der Waals surface area contributed by atoms with E-state index in [1.54, 1.807) is 12.1 Å². The largest absolute Gasteiger partial charge is 0.352 e. The third-order valence-corrected chi connectivity index (χ3v) is 6.40. The molecule has 0 spiro atoms. The van der Waals surface area contributed by atoms with Crippen molar-refractivity contribution in [3.63, 3.8) is 0 Å². The van der Waals surface area contributed by atoms with Gasteiger partial charge in [0.1, 0.15) is 0 Å². The van der Waals surface area contributed by atoms with Crippen molar-refractivity contribution in [3.05, 3.63) is 41.0 Å². The van der Waals surface area contributed by atoms with E-state index in [0.29, 0.717) is 11.4 Å². The third kappa shape index (κ3) is 6.31. The zero-order valence-electron chi connectivity index (χ0n) is 15.4. The Morgan fingerprint density at radius 1 is 1.11 bits per heavy atom. The van der Waals surface area contributed by atoms with Gasteiger partial charge in [-0.3, -0.25) is 4.79 Å². The molecule has 3 rings (SSSR count). The average molecular weight is 414 g/mol. The number of carbonyl (C=O) groups is 1. The van der Waals surface area contributed by atoms with Crippen LogP contribution in [0.15, 0.2) is 34.7 Å². The van der Waals surface area contributed by atoms with Gasteiger partial charge >= 0.3 is 0 Å². The molecule has 1 aliphatic heterocycles. The number of nitrogens with one attached hydrogen (secondary N) is 3. The lowest BCUT2D eigenvalue weighted by Gasteiger charge is -2.17. The summed E-state index contributed by atoms with van der Waals surface area (Å²) in [5, 5.41) is 6.07. The fourth-order valence-electron chi connectivity index (χ4n) is 3.39. The minimum absolute atomic E-state index is 0. The SMILES string of the molecule is Cl.O=C(CCNS(=O)(=O)c1ccc2c(c1)CCCC2)NCC1=CCNCC1. The standard InChI is InChI=1S/C19H27N3O3S.ClH/c23-19(21-14-15-7-10-20-11-8-15)9-12-22-26(24,25)18-6-5-16-3-1-2-4-17(16)13-18;/h5-7,13,20,22H,1-4,8-12,14H2,(H,21,23);1H. The van der Waals surface area contributed by atoms with Crippen molar-refractivity contribution in [3.8, 4) is 0 Å². The molecule has 150 valence electrons. The fourth-order valence-corrected chi connectivity index (χ4v) is 4.47. The van der Waals surface area contributed by atoms with Crippen LogP contribution in [0.2, 0.25) is 0 Å². The summed E-state index contributed by atoms with van der Waals surface area (Å²) in [6, 6.07) is 5.36. The molecule has 8 heteroatoms. The molecular formula is C19H28ClN3O3S. The highest BCUT2D eigenvalue weighted by Crippen LogP contribution is 2.23. The van der Waals surface area contributed by atoms with E-state index in [1.807, 2.05) is 6.07 Å². The number of carbonyl (C=O) groups excluding carboxylic acids is 1. The van der Waals surface area contributed by atoms with E-state index in [4.69, 9.17) is 0 Å². The van der Waals surface area contributed by atoms with Crippen molar-refractivity contribution in [1.29, 1.82) is 0 Å². The van der Waals surface area contributed by atoms with Crippen LogP contribution in [0.5, 0.6) is 0 Å². The third-order valence-electron chi connectivity index (χ3n) is 4.94. The Morgan fingerprint density at radius 3 is 2.63 bits per heavy atom. The first-order valence-corrected chi connectivity index (χ1v) is 10.8. The second-order valence-electron chi connectivity index (χ2n) is 6.88. The minimum atomic E-state index is -3.57. The molecule has 1 aromatic rings. The number of halogens is 1. The molecular weight excluding hydrogens is 386 g/mol. The number of hydrogen-bond donors (Lipinski definition) is 3. The van der Waals surface area contributed by atoms with Crippen LogP contribution in [-0.4, -0.2) is 40.5 Å². The van der Waals surface area contributed by atoms with E-state index in [1.165, 1.54) is 17.6 Å². The van der Waals surface area contributed by atoms with E-state index in [0.717, 1.165) is 44.3 Å². The van der Waals surface area contributed by atoms with Crippen molar-refractivity contribution in [2.24, 2.45) is 0 Å². The predicted molar refractivity (Wildman–Crippen MR) is 109 cm³/mol. The Balaban J connectivity index is 0.00000261. The van der Waals surface area contributed by atoms with Gasteiger partial charge < -0.3 is 10.6 Å². The summed E-state index contributed by atoms with van der Waals surface area (Å²) in [6.45, 7) is 2.41. The number of fused-ring (bicyclic) bond motifs is 1. The number of hydrogen-bond acceptors (Lipinski definition) is 4. The second kappa shape index (κ2) is 10.2. The maximum atomic E-state index is 12.4. The fraction of sp³-hybridized carbons (Fsp3) is 0.526. The maximum absolute atomic E-state index is 12.4. The molecule has 0 fully saturated rings. The van der Waals surface area contributed by atoms with Gasteiger partial charge in [-0.1, -0.05) is 17.7 Å². The van der Waals surface area contributed by atoms with E-state index in [2.05, 4.69) is 21.4 Å². The lowest BCUT2D eigenvalue weighted by atomic mass is 9.92. The molecule has 27 heavy (non-hydrogen) atoms. The van der Waals surface area contributed by atoms with E-state index in [-0.39, 0.29) is 31.3 Å². The molecule has 0 saturated carbocycles. The van der Waals surface area contributed by atoms with Crippen LogP contribution >= 0.6 is 12.4 Å². The molecule has 0 bridgehead atoms. The number of benzene rings is 1. The monoisotopic (exact) mass is 413 g/mol. The van der Waals surface area contributed by atoms with Crippen LogP contribution in [0.1, 0.15) is 36.8 Å². The summed E-state index contributed by atoms with van der Waals surface area (Å²) >= 11 is 0. The molecule has 3 N–H and O–H groups in total. The van der Waals surface area contributed by atoms with E-state index < -0.39 is 10.0 Å². The Morgan fingerprint density at radius 2 is 1.89 bits per heavy atom. The van der Waals surface area contributed by atoms with E-state index >= 15 is 0 Å². The van der Waals surface area contributed by atoms with Crippen LogP contribution in [0.3, 0.4) is 0 Å². The van der Waals surface area contributed by atoms with Crippen LogP contribution in [0.4, 0.5) is 0 Å². The average Bonchev–Trinajstić information content (AvgIpc) is 2.66. The molecule has 1 aliphatic carbocycles. The predicted octanol–water partition coefficient (Wildman–Crippen LogP) is 1.69. The first-order chi connectivity index (χ1) is 12.5. The topological polar surface area (TPSA) is 87.3 Å². The van der Waals surface area contributed by atoms with Gasteiger partial charge in [-0.2, -0.15) is 0 Å². The molecule has 0 aromatic heterocycles. The zero-order chi connectivity index (χ0) is 18.4. The molecule has 0 atom stereocenters. The number of sulfonamides is 1. The first-order valence-electron chi connectivity index (χ1n) is 9.31. The van der Waals surface area contributed by atoms with Gasteiger partial charge in [0.15, 0.2) is 0 Å². The Labute approximate surface area is 167 Å². The lowest BCUT2D eigenvalue weighted by Crippen LogP contribution is -2.33. The van der Waals surface area contributed by atoms with Gasteiger partial charge in [-0.15, -0.1) is 12.4 Å². The molecule has 2 aliphatic rings. The van der Waals surface area contributed by atoms with Gasteiger partial charge in [0.2, 0.25) is 15.9 Å². The molecule has 1 heterocycles. The molecule has 0 unspecified atom stereocenters. The Hall–Kier alpha value is -1.41. The van der Waals surface area contributed by atoms with Crippen LogP contribution in [0.25, 0.3) is 0 Å². The summed E-state index contributed by atoms with van der Waals surface area (Å²) in [5.41, 5.74) is 3.60. The summed E-state index contributed by atoms with van der Waals surface area (Å²) in [7, 11) is -3.57. The highest BCUT2D eigenvalue weighted by Gasteiger charge is 2.17. The van der Waals surface area contributed by atoms with Gasteiger partial charge in [-0.25, -0.2) is 13.1 Å². The smallest absolute Gasteiger partial charge is 0.240 e. The van der Waals surface area contributed by atoms with Gasteiger partial charge in [-0.05, 0) is 61.9 Å². The minimum Gasteiger partial charge on any atom is -0.352 e. The molecule has 1 amide bonds. The van der Waals surface area contributed by atoms with Crippen molar-refractivity contribution in [2.75, 3.05) is 26.2 Å². The number of amides is 1. The maximum Gasteiger partial charge on any atom is 0.240 e. The Kier molecular flexibility index (Phi) is 8.28. The van der Waals surface area contributed by atoms with Crippen molar-refractivity contribution in [2.45, 2.75) is 43.4 Å². The molecule has 6 nitrogen and oxygen atoms in total. The van der Waals surface area contributed by atoms with Gasteiger partial charge in [0.25, 0.3) is 0 Å². The second-order valence-corrected chi connectivity index (χ2v) is 8.65. The van der Waals surface area contributed by atoms with Crippen molar-refractivity contribution >= 4 is 28.3 Å². The zero-order valence-corrected chi connectivity index (χ0v) is 17.1. The molecule has 1 aromatic carbocycles. The molecule has 0 saturated heterocycles. The van der Waals surface area contributed by atoms with Gasteiger partial charge in [0, 0.05) is 26.1 Å². The molecule has 0 radical (unpaired) electrons. The Bertz CT molecular complexity index is 793. The van der Waals surface area contributed by atoms with Gasteiger partial charge in [0.05, 0.1) is 4.90 Å². The van der Waals surface area contributed by atoms with E-state index in [9.17, 15) is 13.2 Å². The summed E-state index contributed by atoms with van der Waals surface area (Å²) in [6.07, 6.45) is 7.39. The normalized spacial score (nSPS) is 16.7. The highest BCUT2D eigenvalue weighted by molar-refractivity contribution is 7.89. The van der Waals surface area contributed by atoms with Crippen LogP contribution in [-0.2, 0) is 27.7 Å². The number of rotatable bonds is 7. The summed E-state index contributed by atoms with van der Waals surface area (Å²) in [5.74, 6) is -0.141. The van der Waals surface area contributed by atoms with Crippen LogP contribution in [0, 0.1) is 0 Å². The quantitative estimate of drug-likeness (QED) is 0.593. The van der Waals surface area contributed by atoms with Crippen LogP contribution < -0.4 is 15.4 Å². The first kappa shape index (κ1) is 21.9. The highest BCUT2D eigenvalue weighted by atomic mass is 35.5. The lowest BCUT2D eigenvalue weighted by molar-refractivity contribution is -0.120. The summed E-state index contributed by atoms with van der Waals surface area (Å²) < 4.78 is 27.4. The summed E-state index contributed by atoms with van der Waals surface area (Å²) in [4.78, 5) is 12.2. The van der Waals surface area contributed by atoms with Crippen molar-refractivity contribution < 1.29 is 13.2 Å². The number of aryl methyl sites for hydroxylation is 2.